The minimum absolute atomic E-state index is 0.592. The topological polar surface area (TPSA) is 41.9 Å². The number of hydrogen-bond donors (Lipinski definition) is 0. The van der Waals surface area contributed by atoms with E-state index in [0.29, 0.717) is 5.92 Å². The Bertz CT molecular complexity index is 547. The van der Waals surface area contributed by atoms with Gasteiger partial charge in [-0.2, -0.15) is 5.10 Å². The summed E-state index contributed by atoms with van der Waals surface area (Å²) >= 11 is 0. The Labute approximate surface area is 107 Å². The maximum absolute atomic E-state index is 4.25. The predicted molar refractivity (Wildman–Crippen MR) is 70.7 cm³/mol. The fourth-order valence-electron chi connectivity index (χ4n) is 2.32. The molecule has 2 aromatic heterocycles. The maximum atomic E-state index is 4.25. The van der Waals surface area contributed by atoms with Gasteiger partial charge in [0.25, 0.3) is 0 Å². The highest BCUT2D eigenvalue weighted by Crippen LogP contribution is 2.31. The van der Waals surface area contributed by atoms with Crippen LogP contribution in [-0.2, 0) is 0 Å². The first kappa shape index (κ1) is 11.1. The minimum atomic E-state index is 0.592. The molecule has 1 aliphatic heterocycles. The molecule has 0 aliphatic carbocycles. The first-order valence-electron chi connectivity index (χ1n) is 6.19. The summed E-state index contributed by atoms with van der Waals surface area (Å²) < 4.78 is 0. The lowest BCUT2D eigenvalue weighted by Crippen LogP contribution is -2.46. The number of anilines is 1. The summed E-state index contributed by atoms with van der Waals surface area (Å²) in [7, 11) is 0. The van der Waals surface area contributed by atoms with E-state index in [4.69, 9.17) is 0 Å². The van der Waals surface area contributed by atoms with Crippen molar-refractivity contribution in [3.8, 4) is 0 Å². The van der Waals surface area contributed by atoms with Gasteiger partial charge >= 0.3 is 0 Å². The second kappa shape index (κ2) is 4.37. The summed E-state index contributed by atoms with van der Waals surface area (Å²) in [6, 6.07) is 4.19. The van der Waals surface area contributed by atoms with E-state index in [-0.39, 0.29) is 0 Å². The van der Waals surface area contributed by atoms with Crippen LogP contribution in [0.3, 0.4) is 0 Å². The van der Waals surface area contributed by atoms with Gasteiger partial charge in [-0.25, -0.2) is 0 Å². The second-order valence-corrected chi connectivity index (χ2v) is 4.86. The van der Waals surface area contributed by atoms with Crippen LogP contribution in [0.25, 0.3) is 0 Å². The van der Waals surface area contributed by atoms with Gasteiger partial charge in [0.1, 0.15) is 0 Å². The number of aryl methyl sites for hydroxylation is 1. The average Bonchev–Trinajstić information content (AvgIpc) is 2.34. The molecule has 0 bridgehead atoms. The fourth-order valence-corrected chi connectivity index (χ4v) is 2.32. The summed E-state index contributed by atoms with van der Waals surface area (Å²) in [5.41, 5.74) is 3.80. The molecule has 1 saturated heterocycles. The number of hydrogen-bond acceptors (Lipinski definition) is 4. The van der Waals surface area contributed by atoms with Gasteiger partial charge in [0, 0.05) is 31.4 Å². The SMILES string of the molecule is Cc1cnnc(N2CC(c3ccncc3)C2)c1C. The van der Waals surface area contributed by atoms with Crippen molar-refractivity contribution in [3.63, 3.8) is 0 Å². The molecular weight excluding hydrogens is 224 g/mol. The molecule has 18 heavy (non-hydrogen) atoms. The molecule has 0 amide bonds. The molecular formula is C14H16N4. The quantitative estimate of drug-likeness (QED) is 0.806. The first-order valence-corrected chi connectivity index (χ1v) is 6.19. The molecule has 1 fully saturated rings. The van der Waals surface area contributed by atoms with E-state index < -0.39 is 0 Å². The van der Waals surface area contributed by atoms with E-state index in [1.54, 1.807) is 0 Å². The minimum Gasteiger partial charge on any atom is -0.354 e. The van der Waals surface area contributed by atoms with E-state index in [1.165, 1.54) is 16.7 Å². The maximum Gasteiger partial charge on any atom is 0.154 e. The van der Waals surface area contributed by atoms with Crippen molar-refractivity contribution in [2.24, 2.45) is 0 Å². The highest BCUT2D eigenvalue weighted by Gasteiger charge is 2.30. The lowest BCUT2D eigenvalue weighted by Gasteiger charge is -2.40. The summed E-state index contributed by atoms with van der Waals surface area (Å²) in [4.78, 5) is 6.35. The van der Waals surface area contributed by atoms with Gasteiger partial charge in [0.15, 0.2) is 5.82 Å². The van der Waals surface area contributed by atoms with Crippen molar-refractivity contribution in [1.29, 1.82) is 0 Å². The largest absolute Gasteiger partial charge is 0.354 e. The summed E-state index contributed by atoms with van der Waals surface area (Å²) in [6.07, 6.45) is 5.53. The average molecular weight is 240 g/mol. The van der Waals surface area contributed by atoms with E-state index in [9.17, 15) is 0 Å². The van der Waals surface area contributed by atoms with Crippen LogP contribution in [0.1, 0.15) is 22.6 Å². The number of aromatic nitrogens is 3. The van der Waals surface area contributed by atoms with Gasteiger partial charge < -0.3 is 4.90 Å². The summed E-state index contributed by atoms with van der Waals surface area (Å²) in [6.45, 7) is 6.22. The van der Waals surface area contributed by atoms with Crippen LogP contribution in [0.5, 0.6) is 0 Å². The van der Waals surface area contributed by atoms with E-state index in [1.807, 2.05) is 18.6 Å². The fraction of sp³-hybridized carbons (Fsp3) is 0.357. The van der Waals surface area contributed by atoms with Gasteiger partial charge in [0.2, 0.25) is 0 Å². The van der Waals surface area contributed by atoms with Gasteiger partial charge in [0.05, 0.1) is 6.20 Å². The Morgan fingerprint density at radius 2 is 1.89 bits per heavy atom. The molecule has 4 nitrogen and oxygen atoms in total. The highest BCUT2D eigenvalue weighted by atomic mass is 15.3. The van der Waals surface area contributed by atoms with E-state index in [0.717, 1.165) is 18.9 Å². The van der Waals surface area contributed by atoms with Crippen LogP contribution in [0, 0.1) is 13.8 Å². The van der Waals surface area contributed by atoms with Crippen molar-refractivity contribution in [2.45, 2.75) is 19.8 Å². The van der Waals surface area contributed by atoms with Crippen LogP contribution < -0.4 is 4.90 Å². The Morgan fingerprint density at radius 3 is 2.61 bits per heavy atom. The molecule has 92 valence electrons. The van der Waals surface area contributed by atoms with Crippen LogP contribution >= 0.6 is 0 Å². The van der Waals surface area contributed by atoms with E-state index in [2.05, 4.69) is 46.1 Å². The second-order valence-electron chi connectivity index (χ2n) is 4.86. The molecule has 3 heterocycles. The lowest BCUT2D eigenvalue weighted by atomic mass is 9.92. The standard InChI is InChI=1S/C14H16N4/c1-10-7-16-17-14(11(10)2)18-8-13(9-18)12-3-5-15-6-4-12/h3-7,13H,8-9H2,1-2H3. The highest BCUT2D eigenvalue weighted by molar-refractivity contribution is 5.51. The Balaban J connectivity index is 1.74. The zero-order valence-corrected chi connectivity index (χ0v) is 10.7. The van der Waals surface area contributed by atoms with E-state index >= 15 is 0 Å². The number of nitrogens with zero attached hydrogens (tertiary/aromatic N) is 4. The zero-order valence-electron chi connectivity index (χ0n) is 10.7. The summed E-state index contributed by atoms with van der Waals surface area (Å²) in [5, 5.41) is 8.30. The molecule has 0 radical (unpaired) electrons. The monoisotopic (exact) mass is 240 g/mol. The molecule has 2 aromatic rings. The summed E-state index contributed by atoms with van der Waals surface area (Å²) in [5.74, 6) is 1.62. The van der Waals surface area contributed by atoms with Crippen LogP contribution in [0.2, 0.25) is 0 Å². The predicted octanol–water partition coefficient (Wildman–Crippen LogP) is 2.09. The third kappa shape index (κ3) is 1.83. The molecule has 3 rings (SSSR count). The number of pyridine rings is 1. The molecule has 0 atom stereocenters. The smallest absolute Gasteiger partial charge is 0.154 e. The Morgan fingerprint density at radius 1 is 1.17 bits per heavy atom. The molecule has 0 N–H and O–H groups in total. The molecule has 1 aliphatic rings. The van der Waals surface area contributed by atoms with Crippen molar-refractivity contribution in [3.05, 3.63) is 47.4 Å². The normalized spacial score (nSPS) is 15.6. The molecule has 0 saturated carbocycles. The molecule has 0 spiro atoms. The molecule has 0 aromatic carbocycles. The van der Waals surface area contributed by atoms with Crippen molar-refractivity contribution >= 4 is 5.82 Å². The van der Waals surface area contributed by atoms with Gasteiger partial charge in [-0.1, -0.05) is 0 Å². The number of rotatable bonds is 2. The van der Waals surface area contributed by atoms with Crippen molar-refractivity contribution < 1.29 is 0 Å². The first-order chi connectivity index (χ1) is 8.75. The zero-order chi connectivity index (χ0) is 12.5. The third-order valence-electron chi connectivity index (χ3n) is 3.69. The molecule has 0 unspecified atom stereocenters. The van der Waals surface area contributed by atoms with Crippen molar-refractivity contribution in [2.75, 3.05) is 18.0 Å². The Hall–Kier alpha value is -1.97. The Kier molecular flexibility index (Phi) is 2.70. The van der Waals surface area contributed by atoms with Gasteiger partial charge in [-0.3, -0.25) is 4.98 Å². The van der Waals surface area contributed by atoms with Crippen LogP contribution in [0.15, 0.2) is 30.7 Å². The van der Waals surface area contributed by atoms with Gasteiger partial charge in [-0.15, -0.1) is 5.10 Å². The third-order valence-corrected chi connectivity index (χ3v) is 3.69. The van der Waals surface area contributed by atoms with Crippen LogP contribution in [-0.4, -0.2) is 28.3 Å². The molecule has 4 heteroatoms. The van der Waals surface area contributed by atoms with Crippen LogP contribution in [0.4, 0.5) is 5.82 Å². The lowest BCUT2D eigenvalue weighted by molar-refractivity contribution is 0.515. The van der Waals surface area contributed by atoms with Gasteiger partial charge in [-0.05, 0) is 42.7 Å². The van der Waals surface area contributed by atoms with Crippen molar-refractivity contribution in [1.82, 2.24) is 15.2 Å².